The number of anilines is 2. The Morgan fingerprint density at radius 2 is 1.87 bits per heavy atom. The van der Waals surface area contributed by atoms with Crippen LogP contribution >= 0.6 is 0 Å². The molecule has 0 spiro atoms. The summed E-state index contributed by atoms with van der Waals surface area (Å²) in [5.41, 5.74) is 2.07. The molecule has 1 fully saturated rings. The van der Waals surface area contributed by atoms with Crippen LogP contribution in [0.4, 0.5) is 15.8 Å². The van der Waals surface area contributed by atoms with Gasteiger partial charge in [-0.2, -0.15) is 0 Å². The first kappa shape index (κ1) is 20.3. The van der Waals surface area contributed by atoms with Gasteiger partial charge in [0.25, 0.3) is 0 Å². The number of fused-ring (bicyclic) bond motifs is 1. The van der Waals surface area contributed by atoms with Gasteiger partial charge < -0.3 is 14.8 Å². The maximum Gasteiger partial charge on any atom is 0.244 e. The third kappa shape index (κ3) is 4.30. The summed E-state index contributed by atoms with van der Waals surface area (Å²) in [6.45, 7) is 1.47. The van der Waals surface area contributed by atoms with Crippen molar-refractivity contribution in [1.82, 2.24) is 9.55 Å². The van der Waals surface area contributed by atoms with Crippen molar-refractivity contribution in [3.05, 3.63) is 54.1 Å². The smallest absolute Gasteiger partial charge is 0.244 e. The number of hydrogen-bond donors (Lipinski definition) is 1. The molecule has 1 N–H and O–H groups in total. The number of carbonyl (C=O) groups excluding carboxylic acids is 1. The normalized spacial score (nSPS) is 14.4. The van der Waals surface area contributed by atoms with Crippen LogP contribution in [0.5, 0.6) is 0 Å². The first-order chi connectivity index (χ1) is 14.3. The van der Waals surface area contributed by atoms with E-state index in [2.05, 4.69) is 15.2 Å². The Kier molecular flexibility index (Phi) is 5.46. The summed E-state index contributed by atoms with van der Waals surface area (Å²) in [5.74, 6) is -0.951. The molecule has 9 heteroatoms. The van der Waals surface area contributed by atoms with Crippen LogP contribution < -0.4 is 10.2 Å². The summed E-state index contributed by atoms with van der Waals surface area (Å²) in [6.07, 6.45) is 3.18. The number of nitrogens with one attached hydrogen (secondary N) is 1. The maximum atomic E-state index is 14.6. The summed E-state index contributed by atoms with van der Waals surface area (Å²) in [7, 11) is -3.35. The predicted octanol–water partition coefficient (Wildman–Crippen LogP) is 2.96. The van der Waals surface area contributed by atoms with Gasteiger partial charge in [-0.1, -0.05) is 18.2 Å². The van der Waals surface area contributed by atoms with Crippen molar-refractivity contribution in [2.75, 3.05) is 29.6 Å². The second kappa shape index (κ2) is 8.06. The van der Waals surface area contributed by atoms with Crippen LogP contribution in [0, 0.1) is 5.82 Å². The molecule has 30 heavy (non-hydrogen) atoms. The lowest BCUT2D eigenvalue weighted by atomic mass is 10.2. The molecule has 4 rings (SSSR count). The van der Waals surface area contributed by atoms with E-state index in [-0.39, 0.29) is 23.8 Å². The van der Waals surface area contributed by atoms with Gasteiger partial charge >= 0.3 is 0 Å². The average molecular weight is 431 g/mol. The van der Waals surface area contributed by atoms with Crippen molar-refractivity contribution < 1.29 is 17.6 Å². The number of aromatic nitrogens is 2. The van der Waals surface area contributed by atoms with Crippen LogP contribution in [-0.2, 0) is 26.9 Å². The molecule has 2 aromatic carbocycles. The van der Waals surface area contributed by atoms with E-state index in [0.717, 1.165) is 32.2 Å². The number of benzene rings is 2. The summed E-state index contributed by atoms with van der Waals surface area (Å²) >= 11 is 0. The van der Waals surface area contributed by atoms with Crippen LogP contribution in [0.2, 0.25) is 0 Å². The van der Waals surface area contributed by atoms with Gasteiger partial charge in [0.1, 0.15) is 29.6 Å². The largest absolute Gasteiger partial charge is 0.370 e. The zero-order chi connectivity index (χ0) is 21.3. The molecule has 1 aliphatic heterocycles. The number of halogens is 1. The number of para-hydroxylation sites is 3. The van der Waals surface area contributed by atoms with Crippen molar-refractivity contribution >= 4 is 38.2 Å². The third-order valence-corrected chi connectivity index (χ3v) is 5.91. The highest BCUT2D eigenvalue weighted by Gasteiger charge is 2.21. The molecule has 0 aliphatic carbocycles. The van der Waals surface area contributed by atoms with E-state index in [1.165, 1.54) is 6.07 Å². The van der Waals surface area contributed by atoms with E-state index in [1.54, 1.807) is 41.0 Å². The Bertz CT molecular complexity index is 1200. The molecule has 1 aliphatic rings. The highest BCUT2D eigenvalue weighted by Crippen LogP contribution is 2.31. The van der Waals surface area contributed by atoms with Crippen molar-refractivity contribution in [1.29, 1.82) is 0 Å². The Morgan fingerprint density at radius 1 is 1.13 bits per heavy atom. The molecule has 2 heterocycles. The van der Waals surface area contributed by atoms with Gasteiger partial charge in [0.05, 0.1) is 16.7 Å². The Morgan fingerprint density at radius 3 is 2.60 bits per heavy atom. The van der Waals surface area contributed by atoms with Crippen LogP contribution in [-0.4, -0.2) is 43.2 Å². The third-order valence-electron chi connectivity index (χ3n) is 5.13. The fraction of sp³-hybridized carbons (Fsp3) is 0.333. The van der Waals surface area contributed by atoms with Gasteiger partial charge in [0, 0.05) is 19.3 Å². The fourth-order valence-electron chi connectivity index (χ4n) is 3.83. The summed E-state index contributed by atoms with van der Waals surface area (Å²) in [4.78, 5) is 19.3. The number of rotatable bonds is 6. The van der Waals surface area contributed by atoms with Gasteiger partial charge in [0.15, 0.2) is 9.84 Å². The van der Waals surface area contributed by atoms with Crippen molar-refractivity contribution in [3.63, 3.8) is 0 Å². The second-order valence-corrected chi connectivity index (χ2v) is 9.69. The number of amides is 1. The molecule has 0 radical (unpaired) electrons. The Balaban J connectivity index is 1.64. The molecule has 0 unspecified atom stereocenters. The molecular formula is C21H23FN4O3S. The van der Waals surface area contributed by atoms with E-state index in [0.29, 0.717) is 16.7 Å². The summed E-state index contributed by atoms with van der Waals surface area (Å²) in [6, 6.07) is 11.9. The quantitative estimate of drug-likeness (QED) is 0.650. The lowest BCUT2D eigenvalue weighted by Crippen LogP contribution is -2.25. The first-order valence-electron chi connectivity index (χ1n) is 9.77. The highest BCUT2D eigenvalue weighted by atomic mass is 32.2. The van der Waals surface area contributed by atoms with E-state index >= 15 is 0 Å². The van der Waals surface area contributed by atoms with E-state index in [1.807, 2.05) is 0 Å². The minimum absolute atomic E-state index is 0.151. The average Bonchev–Trinajstić information content (AvgIpc) is 3.31. The fourth-order valence-corrected chi connectivity index (χ4v) is 4.52. The summed E-state index contributed by atoms with van der Waals surface area (Å²) < 4.78 is 39.8. The van der Waals surface area contributed by atoms with Gasteiger partial charge in [-0.15, -0.1) is 0 Å². The molecule has 158 valence electrons. The minimum atomic E-state index is -3.35. The van der Waals surface area contributed by atoms with Crippen molar-refractivity contribution in [3.8, 4) is 0 Å². The monoisotopic (exact) mass is 430 g/mol. The van der Waals surface area contributed by atoms with Crippen LogP contribution in [0.25, 0.3) is 11.0 Å². The number of carbonyl (C=O) groups is 1. The zero-order valence-electron chi connectivity index (χ0n) is 16.6. The molecule has 0 saturated carbocycles. The Hall–Kier alpha value is -2.94. The number of sulfone groups is 1. The van der Waals surface area contributed by atoms with E-state index in [9.17, 15) is 17.6 Å². The van der Waals surface area contributed by atoms with E-state index < -0.39 is 21.6 Å². The number of nitrogens with zero attached hydrogens (tertiary/aromatic N) is 3. The highest BCUT2D eigenvalue weighted by molar-refractivity contribution is 7.89. The lowest BCUT2D eigenvalue weighted by molar-refractivity contribution is -0.116. The topological polar surface area (TPSA) is 84.3 Å². The van der Waals surface area contributed by atoms with Crippen LogP contribution in [0.15, 0.2) is 42.5 Å². The molecule has 0 atom stereocenters. The predicted molar refractivity (Wildman–Crippen MR) is 115 cm³/mol. The second-order valence-electron chi connectivity index (χ2n) is 7.55. The lowest BCUT2D eigenvalue weighted by Gasteiger charge is -2.22. The zero-order valence-corrected chi connectivity index (χ0v) is 17.5. The van der Waals surface area contributed by atoms with Crippen molar-refractivity contribution in [2.24, 2.45) is 0 Å². The molecule has 1 amide bonds. The molecule has 1 aromatic heterocycles. The molecule has 0 bridgehead atoms. The molecule has 7 nitrogen and oxygen atoms in total. The molecule has 1 saturated heterocycles. The van der Waals surface area contributed by atoms with Gasteiger partial charge in [0.2, 0.25) is 5.91 Å². The SMILES string of the molecule is CS(=O)(=O)Cc1nc2ccccc2n1CC(=O)Nc1c(F)cccc1N1CCCC1. The van der Waals surface area contributed by atoms with Crippen LogP contribution in [0.1, 0.15) is 18.7 Å². The van der Waals surface area contributed by atoms with Gasteiger partial charge in [-0.25, -0.2) is 17.8 Å². The maximum absolute atomic E-state index is 14.6. The molecular weight excluding hydrogens is 407 g/mol. The van der Waals surface area contributed by atoms with Gasteiger partial charge in [-0.05, 0) is 37.1 Å². The first-order valence-corrected chi connectivity index (χ1v) is 11.8. The standard InChI is InChI=1S/C21H23FN4O3S/c1-30(28,29)14-19-23-16-8-2-3-9-17(16)26(19)13-20(27)24-21-15(22)7-6-10-18(21)25-11-4-5-12-25/h2-3,6-10H,4-5,11-14H2,1H3,(H,24,27). The number of imidazole rings is 1. The van der Waals surface area contributed by atoms with Crippen molar-refractivity contribution in [2.45, 2.75) is 25.1 Å². The minimum Gasteiger partial charge on any atom is -0.370 e. The van der Waals surface area contributed by atoms with E-state index in [4.69, 9.17) is 0 Å². The molecule has 3 aromatic rings. The van der Waals surface area contributed by atoms with Gasteiger partial charge in [-0.3, -0.25) is 4.79 Å². The number of hydrogen-bond acceptors (Lipinski definition) is 5. The van der Waals surface area contributed by atoms with Crippen LogP contribution in [0.3, 0.4) is 0 Å². The summed E-state index contributed by atoms with van der Waals surface area (Å²) in [5, 5.41) is 2.70. The Labute approximate surface area is 174 Å².